The maximum absolute atomic E-state index is 11.4. The molecule has 3 N–H and O–H groups in total. The first kappa shape index (κ1) is 21.9. The number of rotatable bonds is 8. The summed E-state index contributed by atoms with van der Waals surface area (Å²) in [6.07, 6.45) is 5.36. The van der Waals surface area contributed by atoms with Crippen LogP contribution in [0.4, 0.5) is 11.6 Å². The summed E-state index contributed by atoms with van der Waals surface area (Å²) in [5.41, 5.74) is 9.86. The second-order valence-corrected chi connectivity index (χ2v) is 8.36. The number of amides is 1. The fraction of sp³-hybridized carbons (Fsp3) is 0.360. The highest BCUT2D eigenvalue weighted by atomic mass is 16.1. The van der Waals surface area contributed by atoms with E-state index in [-0.39, 0.29) is 11.8 Å². The van der Waals surface area contributed by atoms with Crippen molar-refractivity contribution in [3.05, 3.63) is 66.0 Å². The van der Waals surface area contributed by atoms with Crippen molar-refractivity contribution in [2.75, 3.05) is 18.4 Å². The van der Waals surface area contributed by atoms with E-state index >= 15 is 0 Å². The third kappa shape index (κ3) is 5.68. The summed E-state index contributed by atoms with van der Waals surface area (Å²) < 4.78 is 0. The quantitative estimate of drug-likeness (QED) is 0.562. The number of hydrogen-bond acceptors (Lipinski definition) is 6. The highest BCUT2D eigenvalue weighted by Gasteiger charge is 2.23. The minimum atomic E-state index is -0.176. The molecule has 1 fully saturated rings. The Balaban J connectivity index is 1.42. The summed E-state index contributed by atoms with van der Waals surface area (Å²) in [5, 5.41) is 3.31. The van der Waals surface area contributed by atoms with E-state index in [4.69, 9.17) is 5.73 Å². The fourth-order valence-corrected chi connectivity index (χ4v) is 4.16. The van der Waals surface area contributed by atoms with Crippen LogP contribution in [-0.2, 0) is 17.8 Å². The van der Waals surface area contributed by atoms with Gasteiger partial charge in [0.1, 0.15) is 6.33 Å². The fourth-order valence-electron chi connectivity index (χ4n) is 4.16. The molecule has 0 radical (unpaired) electrons. The van der Waals surface area contributed by atoms with E-state index in [0.717, 1.165) is 56.6 Å². The molecule has 1 amide bonds. The van der Waals surface area contributed by atoms with Gasteiger partial charge in [-0.25, -0.2) is 9.97 Å². The molecule has 1 aliphatic rings. The number of aromatic nitrogens is 3. The summed E-state index contributed by atoms with van der Waals surface area (Å²) >= 11 is 0. The van der Waals surface area contributed by atoms with Gasteiger partial charge in [-0.1, -0.05) is 43.7 Å². The van der Waals surface area contributed by atoms with Gasteiger partial charge >= 0.3 is 0 Å². The van der Waals surface area contributed by atoms with E-state index in [1.165, 1.54) is 11.1 Å². The maximum Gasteiger partial charge on any atom is 0.230 e. The number of nitrogens with zero attached hydrogens (tertiary/aromatic N) is 4. The molecule has 1 aromatic heterocycles. The Morgan fingerprint density at radius 1 is 1.09 bits per heavy atom. The second-order valence-electron chi connectivity index (χ2n) is 8.36. The van der Waals surface area contributed by atoms with Crippen LogP contribution >= 0.6 is 0 Å². The molecular weight excluding hydrogens is 400 g/mol. The van der Waals surface area contributed by atoms with Crippen LogP contribution < -0.4 is 11.1 Å². The first-order valence-electron chi connectivity index (χ1n) is 11.3. The summed E-state index contributed by atoms with van der Waals surface area (Å²) in [6.45, 7) is 4.79. The first-order valence-corrected chi connectivity index (χ1v) is 11.3. The highest BCUT2D eigenvalue weighted by Crippen LogP contribution is 2.22. The molecule has 166 valence electrons. The molecule has 7 heteroatoms. The van der Waals surface area contributed by atoms with Gasteiger partial charge < -0.3 is 11.1 Å². The lowest BCUT2D eigenvalue weighted by Gasteiger charge is -2.30. The van der Waals surface area contributed by atoms with Crippen molar-refractivity contribution in [2.45, 2.75) is 39.2 Å². The smallest absolute Gasteiger partial charge is 0.230 e. The number of likely N-dealkylation sites (tertiary alicyclic amines) is 1. The normalized spacial score (nSPS) is 14.9. The van der Waals surface area contributed by atoms with Gasteiger partial charge in [0.15, 0.2) is 5.82 Å². The molecule has 0 spiro atoms. The number of piperidine rings is 1. The van der Waals surface area contributed by atoms with Gasteiger partial charge in [0.2, 0.25) is 11.9 Å². The SMILES string of the molecule is CCCc1cccc(-c2ncnc(Nc3cccc(CN4CCC(C(N)=O)CC4)c3)n2)c1. The molecule has 0 bridgehead atoms. The van der Waals surface area contributed by atoms with Gasteiger partial charge in [-0.2, -0.15) is 4.98 Å². The number of anilines is 2. The molecule has 1 aliphatic heterocycles. The van der Waals surface area contributed by atoms with Crippen molar-refractivity contribution in [3.8, 4) is 11.4 Å². The van der Waals surface area contributed by atoms with E-state index in [1.807, 2.05) is 24.3 Å². The van der Waals surface area contributed by atoms with E-state index in [0.29, 0.717) is 11.8 Å². The van der Waals surface area contributed by atoms with E-state index in [9.17, 15) is 4.79 Å². The Kier molecular flexibility index (Phi) is 7.07. The van der Waals surface area contributed by atoms with Crippen molar-refractivity contribution in [1.29, 1.82) is 0 Å². The Bertz CT molecular complexity index is 1060. The Morgan fingerprint density at radius 3 is 2.66 bits per heavy atom. The Labute approximate surface area is 189 Å². The third-order valence-corrected chi connectivity index (χ3v) is 5.87. The van der Waals surface area contributed by atoms with Crippen molar-refractivity contribution in [2.24, 2.45) is 11.7 Å². The summed E-state index contributed by atoms with van der Waals surface area (Å²) in [6, 6.07) is 16.6. The molecule has 3 aromatic rings. The summed E-state index contributed by atoms with van der Waals surface area (Å²) in [4.78, 5) is 27.0. The molecule has 0 atom stereocenters. The lowest BCUT2D eigenvalue weighted by molar-refractivity contribution is -0.123. The zero-order chi connectivity index (χ0) is 22.3. The van der Waals surface area contributed by atoms with Crippen LogP contribution in [0.3, 0.4) is 0 Å². The van der Waals surface area contributed by atoms with Crippen LogP contribution in [0.2, 0.25) is 0 Å². The average Bonchev–Trinajstić information content (AvgIpc) is 2.80. The number of hydrogen-bond donors (Lipinski definition) is 2. The van der Waals surface area contributed by atoms with Gasteiger partial charge in [-0.15, -0.1) is 0 Å². The van der Waals surface area contributed by atoms with Crippen LogP contribution in [0.25, 0.3) is 11.4 Å². The van der Waals surface area contributed by atoms with Gasteiger partial charge in [-0.3, -0.25) is 9.69 Å². The Morgan fingerprint density at radius 2 is 1.88 bits per heavy atom. The van der Waals surface area contributed by atoms with Gasteiger partial charge in [0.05, 0.1) is 0 Å². The van der Waals surface area contributed by atoms with Crippen LogP contribution in [0.15, 0.2) is 54.9 Å². The number of benzene rings is 2. The topological polar surface area (TPSA) is 97.0 Å². The molecule has 2 heterocycles. The van der Waals surface area contributed by atoms with Gasteiger partial charge in [0, 0.05) is 23.7 Å². The summed E-state index contributed by atoms with van der Waals surface area (Å²) in [5.74, 6) is 1.02. The van der Waals surface area contributed by atoms with Crippen molar-refractivity contribution in [1.82, 2.24) is 19.9 Å². The second kappa shape index (κ2) is 10.3. The number of carbonyl (C=O) groups is 1. The molecule has 0 saturated carbocycles. The molecule has 2 aromatic carbocycles. The van der Waals surface area contributed by atoms with Crippen LogP contribution in [0.1, 0.15) is 37.3 Å². The van der Waals surface area contributed by atoms with Crippen molar-refractivity contribution < 1.29 is 4.79 Å². The molecule has 4 rings (SSSR count). The third-order valence-electron chi connectivity index (χ3n) is 5.87. The molecule has 0 aliphatic carbocycles. The summed E-state index contributed by atoms with van der Waals surface area (Å²) in [7, 11) is 0. The van der Waals surface area contributed by atoms with E-state index in [2.05, 4.69) is 56.4 Å². The largest absolute Gasteiger partial charge is 0.369 e. The zero-order valence-electron chi connectivity index (χ0n) is 18.5. The van der Waals surface area contributed by atoms with Gasteiger partial charge in [0.25, 0.3) is 0 Å². The van der Waals surface area contributed by atoms with Crippen LogP contribution in [0, 0.1) is 5.92 Å². The molecule has 7 nitrogen and oxygen atoms in total. The monoisotopic (exact) mass is 430 g/mol. The molecular formula is C25H30N6O. The first-order chi connectivity index (χ1) is 15.6. The number of nitrogens with two attached hydrogens (primary N) is 1. The van der Waals surface area contributed by atoms with E-state index in [1.54, 1.807) is 6.33 Å². The predicted molar refractivity (Wildman–Crippen MR) is 126 cm³/mol. The lowest BCUT2D eigenvalue weighted by Crippen LogP contribution is -2.38. The van der Waals surface area contributed by atoms with Crippen LogP contribution in [-0.4, -0.2) is 38.8 Å². The highest BCUT2D eigenvalue weighted by molar-refractivity contribution is 5.76. The van der Waals surface area contributed by atoms with Gasteiger partial charge in [-0.05, 0) is 61.7 Å². The standard InChI is InChI=1S/C25H30N6O/c1-2-5-18-6-3-8-21(14-18)24-27-17-28-25(30-24)29-22-9-4-7-19(15-22)16-31-12-10-20(11-13-31)23(26)32/h3-4,6-9,14-15,17,20H,2,5,10-13,16H2,1H3,(H2,26,32)(H,27,28,29,30). The Hall–Kier alpha value is -3.32. The van der Waals surface area contributed by atoms with Crippen LogP contribution in [0.5, 0.6) is 0 Å². The minimum absolute atomic E-state index is 0.0138. The number of carbonyl (C=O) groups excluding carboxylic acids is 1. The number of primary amides is 1. The van der Waals surface area contributed by atoms with Crippen molar-refractivity contribution in [3.63, 3.8) is 0 Å². The average molecular weight is 431 g/mol. The van der Waals surface area contributed by atoms with E-state index < -0.39 is 0 Å². The predicted octanol–water partition coefficient (Wildman–Crippen LogP) is 3.93. The molecule has 32 heavy (non-hydrogen) atoms. The minimum Gasteiger partial charge on any atom is -0.369 e. The molecule has 1 saturated heterocycles. The maximum atomic E-state index is 11.4. The number of aryl methyl sites for hydroxylation is 1. The zero-order valence-corrected chi connectivity index (χ0v) is 18.5. The van der Waals surface area contributed by atoms with Crippen molar-refractivity contribution >= 4 is 17.5 Å². The molecule has 0 unspecified atom stereocenters. The number of nitrogens with one attached hydrogen (secondary N) is 1. The lowest BCUT2D eigenvalue weighted by atomic mass is 9.96.